The zero-order valence-corrected chi connectivity index (χ0v) is 11.5. The maximum atomic E-state index is 9.39. The summed E-state index contributed by atoms with van der Waals surface area (Å²) in [6.07, 6.45) is 0. The predicted molar refractivity (Wildman–Crippen MR) is 76.1 cm³/mol. The molecule has 2 aromatic heterocycles. The average molecular weight is 268 g/mol. The van der Waals surface area contributed by atoms with Gasteiger partial charge in [0.05, 0.1) is 20.5 Å². The number of hydrogen-bond acceptors (Lipinski definition) is 4. The van der Waals surface area contributed by atoms with Gasteiger partial charge in [-0.1, -0.05) is 0 Å². The maximum Gasteiger partial charge on any atom is 0.101 e. The molecule has 0 saturated carbocycles. The Kier molecular flexibility index (Phi) is 2.38. The first-order valence-electron chi connectivity index (χ1n) is 5.42. The van der Waals surface area contributed by atoms with Gasteiger partial charge in [-0.3, -0.25) is 0 Å². The van der Waals surface area contributed by atoms with Crippen molar-refractivity contribution in [3.63, 3.8) is 0 Å². The van der Waals surface area contributed by atoms with E-state index in [1.165, 1.54) is 0 Å². The Morgan fingerprint density at radius 3 is 1.56 bits per heavy atom. The topological polar surface area (TPSA) is 47.6 Å². The Hall–Kier alpha value is -1.88. The van der Waals surface area contributed by atoms with E-state index in [1.807, 2.05) is 26.0 Å². The molecule has 1 aromatic carbocycles. The highest BCUT2D eigenvalue weighted by molar-refractivity contribution is 7.21. The van der Waals surface area contributed by atoms with Crippen LogP contribution in [0.15, 0.2) is 12.1 Å². The summed E-state index contributed by atoms with van der Waals surface area (Å²) in [5.41, 5.74) is 1.42. The van der Waals surface area contributed by atoms with E-state index in [0.29, 0.717) is 11.1 Å². The number of nitriles is 2. The number of rotatable bonds is 0. The molecule has 2 nitrogen and oxygen atoms in total. The first-order valence-corrected chi connectivity index (χ1v) is 7.05. The summed E-state index contributed by atoms with van der Waals surface area (Å²) in [6, 6.07) is 8.61. The van der Waals surface area contributed by atoms with Crippen molar-refractivity contribution in [2.24, 2.45) is 0 Å². The van der Waals surface area contributed by atoms with Gasteiger partial charge < -0.3 is 0 Å². The molecule has 4 heteroatoms. The van der Waals surface area contributed by atoms with Crippen LogP contribution in [0.5, 0.6) is 0 Å². The first kappa shape index (κ1) is 11.2. The van der Waals surface area contributed by atoms with Crippen molar-refractivity contribution < 1.29 is 0 Å². The summed E-state index contributed by atoms with van der Waals surface area (Å²) in [4.78, 5) is 2.26. The van der Waals surface area contributed by atoms with Crippen LogP contribution < -0.4 is 0 Å². The molecular weight excluding hydrogens is 260 g/mol. The molecule has 0 unspecified atom stereocenters. The number of thiophene rings is 2. The van der Waals surface area contributed by atoms with Crippen LogP contribution in [-0.2, 0) is 0 Å². The zero-order valence-electron chi connectivity index (χ0n) is 9.87. The highest BCUT2D eigenvalue weighted by Gasteiger charge is 2.17. The van der Waals surface area contributed by atoms with Gasteiger partial charge in [-0.25, -0.2) is 0 Å². The SMILES string of the molecule is Cc1cc2c(C#N)c3sc(C)cc3c(C#N)c2s1. The fourth-order valence-electron chi connectivity index (χ4n) is 2.24. The van der Waals surface area contributed by atoms with Gasteiger partial charge in [0.15, 0.2) is 0 Å². The van der Waals surface area contributed by atoms with Crippen molar-refractivity contribution in [2.45, 2.75) is 13.8 Å². The second-order valence-corrected chi connectivity index (χ2v) is 6.69. The number of fused-ring (bicyclic) bond motifs is 2. The molecule has 0 saturated heterocycles. The lowest BCUT2D eigenvalue weighted by molar-refractivity contribution is 1.51. The van der Waals surface area contributed by atoms with Crippen molar-refractivity contribution in [2.75, 3.05) is 0 Å². The van der Waals surface area contributed by atoms with Crippen molar-refractivity contribution in [1.82, 2.24) is 0 Å². The molecule has 18 heavy (non-hydrogen) atoms. The minimum Gasteiger partial charge on any atom is -0.192 e. The van der Waals surface area contributed by atoms with Crippen LogP contribution >= 0.6 is 22.7 Å². The number of benzene rings is 1. The highest BCUT2D eigenvalue weighted by Crippen LogP contribution is 2.40. The lowest BCUT2D eigenvalue weighted by atomic mass is 10.0. The van der Waals surface area contributed by atoms with E-state index in [2.05, 4.69) is 12.1 Å². The Labute approximate surface area is 112 Å². The quantitative estimate of drug-likeness (QED) is 0.603. The molecule has 0 aliphatic heterocycles. The molecule has 3 aromatic rings. The average Bonchev–Trinajstić information content (AvgIpc) is 2.87. The maximum absolute atomic E-state index is 9.39. The van der Waals surface area contributed by atoms with Gasteiger partial charge in [0.2, 0.25) is 0 Å². The molecule has 0 aliphatic carbocycles. The van der Waals surface area contributed by atoms with Crippen molar-refractivity contribution in [3.05, 3.63) is 33.0 Å². The lowest BCUT2D eigenvalue weighted by Crippen LogP contribution is -1.82. The smallest absolute Gasteiger partial charge is 0.101 e. The lowest BCUT2D eigenvalue weighted by Gasteiger charge is -1.99. The van der Waals surface area contributed by atoms with Crippen molar-refractivity contribution in [1.29, 1.82) is 10.5 Å². The van der Waals surface area contributed by atoms with E-state index in [0.717, 1.165) is 29.9 Å². The van der Waals surface area contributed by atoms with Crippen LogP contribution in [0.4, 0.5) is 0 Å². The Morgan fingerprint density at radius 1 is 0.833 bits per heavy atom. The largest absolute Gasteiger partial charge is 0.192 e. The van der Waals surface area contributed by atoms with Gasteiger partial charge in [0, 0.05) is 20.5 Å². The molecule has 0 radical (unpaired) electrons. The zero-order chi connectivity index (χ0) is 12.9. The third kappa shape index (κ3) is 1.37. The summed E-state index contributed by atoms with van der Waals surface area (Å²) in [5.74, 6) is 0. The van der Waals surface area contributed by atoms with E-state index in [9.17, 15) is 10.5 Å². The van der Waals surface area contributed by atoms with Crippen LogP contribution in [0.2, 0.25) is 0 Å². The molecule has 0 bridgehead atoms. The Bertz CT molecular complexity index is 743. The number of hydrogen-bond donors (Lipinski definition) is 0. The minimum atomic E-state index is 0.710. The van der Waals surface area contributed by atoms with Crippen LogP contribution in [0, 0.1) is 36.5 Å². The monoisotopic (exact) mass is 268 g/mol. The molecule has 86 valence electrons. The third-order valence-corrected chi connectivity index (χ3v) is 5.06. The molecule has 0 aliphatic rings. The highest BCUT2D eigenvalue weighted by atomic mass is 32.1. The van der Waals surface area contributed by atoms with E-state index < -0.39 is 0 Å². The van der Waals surface area contributed by atoms with Crippen molar-refractivity contribution >= 4 is 42.8 Å². The first-order chi connectivity index (χ1) is 8.65. The van der Waals surface area contributed by atoms with Gasteiger partial charge in [-0.15, -0.1) is 22.7 Å². The standard InChI is InChI=1S/C14H8N2S2/c1-7-3-9-11(5-15)14-10(4-8(2)18-14)12(6-16)13(9)17-7/h3-4H,1-2H3. The van der Waals surface area contributed by atoms with Gasteiger partial charge in [-0.2, -0.15) is 10.5 Å². The second-order valence-electron chi connectivity index (χ2n) is 4.17. The van der Waals surface area contributed by atoms with Gasteiger partial charge >= 0.3 is 0 Å². The molecular formula is C14H8N2S2. The summed E-state index contributed by atoms with van der Waals surface area (Å²) < 4.78 is 1.88. The summed E-state index contributed by atoms with van der Waals surface area (Å²) in [6.45, 7) is 4.01. The fourth-order valence-corrected chi connectivity index (χ4v) is 4.29. The van der Waals surface area contributed by atoms with Crippen LogP contribution in [-0.4, -0.2) is 0 Å². The van der Waals surface area contributed by atoms with Crippen LogP contribution in [0.25, 0.3) is 20.2 Å². The van der Waals surface area contributed by atoms with E-state index >= 15 is 0 Å². The molecule has 0 amide bonds. The molecule has 0 spiro atoms. The van der Waals surface area contributed by atoms with Gasteiger partial charge in [0.1, 0.15) is 12.1 Å². The van der Waals surface area contributed by atoms with E-state index in [4.69, 9.17) is 0 Å². The normalized spacial score (nSPS) is 10.7. The fraction of sp³-hybridized carbons (Fsp3) is 0.143. The van der Waals surface area contributed by atoms with Gasteiger partial charge in [0.25, 0.3) is 0 Å². The number of nitrogens with zero attached hydrogens (tertiary/aromatic N) is 2. The molecule has 0 atom stereocenters. The second kappa shape index (κ2) is 3.81. The van der Waals surface area contributed by atoms with Crippen LogP contribution in [0.1, 0.15) is 20.9 Å². The molecule has 0 N–H and O–H groups in total. The minimum absolute atomic E-state index is 0.710. The Morgan fingerprint density at radius 2 is 1.22 bits per heavy atom. The molecule has 2 heterocycles. The molecule has 0 fully saturated rings. The Balaban J connectivity index is 2.70. The van der Waals surface area contributed by atoms with Crippen LogP contribution in [0.3, 0.4) is 0 Å². The third-order valence-electron chi connectivity index (χ3n) is 2.93. The van der Waals surface area contributed by atoms with Gasteiger partial charge in [-0.05, 0) is 26.0 Å². The van der Waals surface area contributed by atoms with E-state index in [1.54, 1.807) is 22.7 Å². The van der Waals surface area contributed by atoms with Crippen molar-refractivity contribution in [3.8, 4) is 12.1 Å². The summed E-state index contributed by atoms with van der Waals surface area (Å²) in [7, 11) is 0. The summed E-state index contributed by atoms with van der Waals surface area (Å²) >= 11 is 3.18. The summed E-state index contributed by atoms with van der Waals surface area (Å²) in [5, 5.41) is 20.6. The predicted octanol–water partition coefficient (Wildman–Crippen LogP) is 4.48. The van der Waals surface area contributed by atoms with E-state index in [-0.39, 0.29) is 0 Å². The molecule has 3 rings (SSSR count). The number of aryl methyl sites for hydroxylation is 2.